The lowest BCUT2D eigenvalue weighted by atomic mass is 9.60. The van der Waals surface area contributed by atoms with Crippen molar-refractivity contribution in [2.45, 2.75) is 57.3 Å². The average molecular weight is 589 g/mol. The third kappa shape index (κ3) is 5.39. The molecule has 0 saturated heterocycles. The Balaban J connectivity index is 1.93. The first-order chi connectivity index (χ1) is 18.7. The summed E-state index contributed by atoms with van der Waals surface area (Å²) < 4.78 is 48.4. The molecule has 1 aliphatic rings. The smallest absolute Gasteiger partial charge is 0.245 e. The van der Waals surface area contributed by atoms with Crippen LogP contribution in [0.3, 0.4) is 0 Å². The molecule has 216 valence electrons. The molecule has 0 aliphatic heterocycles. The molecule has 1 heterocycles. The summed E-state index contributed by atoms with van der Waals surface area (Å²) in [6.07, 6.45) is 2.26. The van der Waals surface area contributed by atoms with Crippen LogP contribution in [0.2, 0.25) is 0 Å². The van der Waals surface area contributed by atoms with Gasteiger partial charge in [0.15, 0.2) is 10.9 Å². The van der Waals surface area contributed by atoms with Gasteiger partial charge in [0.2, 0.25) is 15.9 Å². The number of nitrogens with two attached hydrogens (primary N) is 2. The van der Waals surface area contributed by atoms with Gasteiger partial charge in [0.25, 0.3) is 0 Å². The fourth-order valence-electron chi connectivity index (χ4n) is 5.75. The van der Waals surface area contributed by atoms with E-state index in [2.05, 4.69) is 4.98 Å². The maximum absolute atomic E-state index is 18.2. The number of hydrogen-bond acceptors (Lipinski definition) is 7. The van der Waals surface area contributed by atoms with Crippen LogP contribution < -0.4 is 11.5 Å². The van der Waals surface area contributed by atoms with Gasteiger partial charge in [0.05, 0.1) is 26.6 Å². The Labute approximate surface area is 238 Å². The first-order valence-corrected chi connectivity index (χ1v) is 15.6. The minimum Gasteiger partial charge on any atom is -0.393 e. The maximum atomic E-state index is 18.2. The summed E-state index contributed by atoms with van der Waals surface area (Å²) in [5.41, 5.74) is 11.6. The van der Waals surface area contributed by atoms with Crippen LogP contribution in [0.5, 0.6) is 0 Å². The number of carbonyl (C=O) groups is 1. The van der Waals surface area contributed by atoms with Crippen molar-refractivity contribution in [3.05, 3.63) is 66.2 Å². The molecule has 0 saturated carbocycles. The molecule has 3 aromatic rings. The van der Waals surface area contributed by atoms with Gasteiger partial charge in [-0.1, -0.05) is 74.6 Å². The lowest BCUT2D eigenvalue weighted by molar-refractivity contribution is -0.147. The highest BCUT2D eigenvalue weighted by Crippen LogP contribution is 2.53. The molecular weight excluding hydrogens is 551 g/mol. The Morgan fingerprint density at radius 3 is 2.48 bits per heavy atom. The van der Waals surface area contributed by atoms with Crippen LogP contribution in [-0.4, -0.2) is 47.2 Å². The number of aromatic nitrogens is 1. The van der Waals surface area contributed by atoms with Crippen molar-refractivity contribution in [2.24, 2.45) is 28.9 Å². The van der Waals surface area contributed by atoms with E-state index in [1.54, 1.807) is 32.9 Å². The molecule has 8 nitrogen and oxygen atoms in total. The van der Waals surface area contributed by atoms with Gasteiger partial charge in [-0.2, -0.15) is 4.31 Å². The van der Waals surface area contributed by atoms with Crippen molar-refractivity contribution in [3.8, 4) is 0 Å². The molecule has 2 aromatic carbocycles. The number of amides is 1. The van der Waals surface area contributed by atoms with E-state index in [9.17, 15) is 18.3 Å². The summed E-state index contributed by atoms with van der Waals surface area (Å²) in [7, 11) is -4.46. The molecule has 0 radical (unpaired) electrons. The molecular formula is C29H37FN4O4S2. The van der Waals surface area contributed by atoms with Gasteiger partial charge in [-0.3, -0.25) is 4.79 Å². The number of anilines is 1. The number of sulfonamides is 1. The number of primary amides is 1. The fourth-order valence-corrected chi connectivity index (χ4v) is 8.52. The topological polar surface area (TPSA) is 140 Å². The normalized spacial score (nSPS) is 26.0. The number of alkyl halides is 1. The zero-order chi connectivity index (χ0) is 29.5. The number of nitrogens with zero attached hydrogens (tertiary/aromatic N) is 2. The van der Waals surface area contributed by atoms with Gasteiger partial charge in [-0.15, -0.1) is 0 Å². The molecule has 4 rings (SSSR count). The van der Waals surface area contributed by atoms with E-state index in [1.165, 1.54) is 25.1 Å². The van der Waals surface area contributed by atoms with E-state index in [0.717, 1.165) is 21.2 Å². The second-order valence-electron chi connectivity index (χ2n) is 11.2. The molecule has 5 atom stereocenters. The molecule has 5 unspecified atom stereocenters. The van der Waals surface area contributed by atoms with Crippen LogP contribution in [0.4, 0.5) is 9.52 Å². The van der Waals surface area contributed by atoms with Crippen LogP contribution in [0.1, 0.15) is 39.7 Å². The first kappa shape index (κ1) is 30.1. The standard InChI is InChI=1S/C29H37FN4O4S2/c1-18(2)17-34(40(37,38)23-10-11-24-25(15-23)39-27(32)33-24)29(30)20(4)28(26(31)36,13-12-22(29)14-19(3)35)16-21-8-6-5-7-9-21/h5-13,15,18-20,22,35H,14,16-17H2,1-4H3,(H2,31,36)(H2,32,33). The Bertz CT molecular complexity index is 1510. The van der Waals surface area contributed by atoms with Crippen LogP contribution >= 0.6 is 11.3 Å². The number of aliphatic hydroxyl groups excluding tert-OH is 1. The molecule has 1 amide bonds. The van der Waals surface area contributed by atoms with E-state index in [1.807, 2.05) is 30.3 Å². The lowest BCUT2D eigenvalue weighted by Crippen LogP contribution is -2.65. The lowest BCUT2D eigenvalue weighted by Gasteiger charge is -2.53. The SMILES string of the molecule is CC(C)CN(C1(F)C(CC(C)O)C=CC(Cc2ccccc2)(C(N)=O)C1C)S(=O)(=O)c1ccc2nc(N)sc2c1. The van der Waals surface area contributed by atoms with Crippen molar-refractivity contribution < 1.29 is 22.7 Å². The Morgan fingerprint density at radius 2 is 1.88 bits per heavy atom. The van der Waals surface area contributed by atoms with Gasteiger partial charge in [0.1, 0.15) is 0 Å². The summed E-state index contributed by atoms with van der Waals surface area (Å²) in [6, 6.07) is 13.5. The zero-order valence-corrected chi connectivity index (χ0v) is 24.8. The Hall–Kier alpha value is -2.86. The molecule has 11 heteroatoms. The third-order valence-electron chi connectivity index (χ3n) is 7.80. The predicted molar refractivity (Wildman–Crippen MR) is 156 cm³/mol. The van der Waals surface area contributed by atoms with E-state index in [-0.39, 0.29) is 30.2 Å². The Kier molecular flexibility index (Phi) is 8.43. The highest BCUT2D eigenvalue weighted by Gasteiger charge is 2.62. The summed E-state index contributed by atoms with van der Waals surface area (Å²) in [6.45, 7) is 6.52. The quantitative estimate of drug-likeness (QED) is 0.235. The minimum absolute atomic E-state index is 0.0496. The number of benzene rings is 2. The second-order valence-corrected chi connectivity index (χ2v) is 14.1. The first-order valence-electron chi connectivity index (χ1n) is 13.3. The highest BCUT2D eigenvalue weighted by atomic mass is 32.2. The monoisotopic (exact) mass is 588 g/mol. The number of halogens is 1. The number of thiazole rings is 1. The zero-order valence-electron chi connectivity index (χ0n) is 23.1. The number of aliphatic hydroxyl groups is 1. The predicted octanol–water partition coefficient (Wildman–Crippen LogP) is 4.50. The summed E-state index contributed by atoms with van der Waals surface area (Å²) in [4.78, 5) is 17.3. The maximum Gasteiger partial charge on any atom is 0.245 e. The van der Waals surface area contributed by atoms with E-state index >= 15 is 4.39 Å². The Morgan fingerprint density at radius 1 is 1.20 bits per heavy atom. The summed E-state index contributed by atoms with van der Waals surface area (Å²) in [5.74, 6) is -5.83. The average Bonchev–Trinajstić information content (AvgIpc) is 3.26. The van der Waals surface area contributed by atoms with Gasteiger partial charge in [0, 0.05) is 18.4 Å². The molecule has 0 fully saturated rings. The number of hydrogen-bond donors (Lipinski definition) is 3. The van der Waals surface area contributed by atoms with Gasteiger partial charge >= 0.3 is 0 Å². The number of nitrogen functional groups attached to an aromatic ring is 1. The van der Waals surface area contributed by atoms with Crippen LogP contribution in [0.25, 0.3) is 10.2 Å². The van der Waals surface area contributed by atoms with Crippen molar-refractivity contribution >= 4 is 42.6 Å². The third-order valence-corrected chi connectivity index (χ3v) is 10.5. The fraction of sp³-hybridized carbons (Fsp3) is 0.448. The molecule has 0 bridgehead atoms. The largest absolute Gasteiger partial charge is 0.393 e. The second kappa shape index (κ2) is 11.2. The molecule has 1 aromatic heterocycles. The van der Waals surface area contributed by atoms with Crippen molar-refractivity contribution in [1.29, 1.82) is 0 Å². The van der Waals surface area contributed by atoms with Crippen LogP contribution in [0, 0.1) is 23.2 Å². The van der Waals surface area contributed by atoms with Crippen LogP contribution in [-0.2, 0) is 21.2 Å². The summed E-state index contributed by atoms with van der Waals surface area (Å²) in [5, 5.41) is 10.6. The van der Waals surface area contributed by atoms with Gasteiger partial charge in [-0.05, 0) is 49.4 Å². The van der Waals surface area contributed by atoms with Gasteiger partial charge < -0.3 is 16.6 Å². The van der Waals surface area contributed by atoms with Crippen molar-refractivity contribution in [1.82, 2.24) is 9.29 Å². The number of fused-ring (bicyclic) bond motifs is 1. The number of rotatable bonds is 10. The number of carbonyl (C=O) groups excluding carboxylic acids is 1. The highest BCUT2D eigenvalue weighted by molar-refractivity contribution is 7.89. The molecule has 40 heavy (non-hydrogen) atoms. The summed E-state index contributed by atoms with van der Waals surface area (Å²) >= 11 is 1.14. The minimum atomic E-state index is -4.46. The molecule has 5 N–H and O–H groups in total. The van der Waals surface area contributed by atoms with Crippen molar-refractivity contribution in [2.75, 3.05) is 12.3 Å². The molecule has 1 aliphatic carbocycles. The van der Waals surface area contributed by atoms with Crippen molar-refractivity contribution in [3.63, 3.8) is 0 Å². The van der Waals surface area contributed by atoms with E-state index < -0.39 is 45.1 Å². The molecule has 0 spiro atoms. The van der Waals surface area contributed by atoms with Gasteiger partial charge in [-0.25, -0.2) is 17.8 Å². The van der Waals surface area contributed by atoms with Crippen LogP contribution in [0.15, 0.2) is 65.6 Å². The van der Waals surface area contributed by atoms with E-state index in [0.29, 0.717) is 15.3 Å². The van der Waals surface area contributed by atoms with E-state index in [4.69, 9.17) is 11.5 Å².